The Morgan fingerprint density at radius 3 is 2.42 bits per heavy atom. The molecule has 0 aliphatic carbocycles. The standard InChI is InChI=1S/C18H20FN5/c1-18(2,3)16-22-14-6-4-5-7-15(14)24(16)13-10-23(11-13)17-20-8-12(19)9-21-17/h4-9,13H,10-11H2,1-3H3. The third-order valence-electron chi connectivity index (χ3n) is 4.38. The van der Waals surface area contributed by atoms with Crippen LogP contribution in [0.4, 0.5) is 10.3 Å². The summed E-state index contributed by atoms with van der Waals surface area (Å²) in [6, 6.07) is 8.56. The summed E-state index contributed by atoms with van der Waals surface area (Å²) < 4.78 is 15.3. The molecular weight excluding hydrogens is 305 g/mol. The summed E-state index contributed by atoms with van der Waals surface area (Å²) in [5, 5.41) is 0. The van der Waals surface area contributed by atoms with E-state index in [0.29, 0.717) is 12.0 Å². The monoisotopic (exact) mass is 325 g/mol. The highest BCUT2D eigenvalue weighted by Crippen LogP contribution is 2.34. The number of hydrogen-bond donors (Lipinski definition) is 0. The number of halogens is 1. The van der Waals surface area contributed by atoms with Gasteiger partial charge >= 0.3 is 0 Å². The molecule has 24 heavy (non-hydrogen) atoms. The van der Waals surface area contributed by atoms with Crippen molar-refractivity contribution in [2.24, 2.45) is 0 Å². The number of nitrogens with zero attached hydrogens (tertiary/aromatic N) is 5. The molecule has 3 aromatic rings. The number of fused-ring (bicyclic) bond motifs is 1. The Kier molecular flexibility index (Phi) is 3.30. The molecule has 0 saturated carbocycles. The molecule has 1 saturated heterocycles. The van der Waals surface area contributed by atoms with Gasteiger partial charge in [-0.1, -0.05) is 32.9 Å². The molecule has 0 atom stereocenters. The summed E-state index contributed by atoms with van der Waals surface area (Å²) >= 11 is 0. The maximum atomic E-state index is 13.0. The molecule has 1 aliphatic heterocycles. The molecule has 1 aromatic carbocycles. The van der Waals surface area contributed by atoms with Gasteiger partial charge in [0.25, 0.3) is 0 Å². The lowest BCUT2D eigenvalue weighted by Gasteiger charge is -2.41. The van der Waals surface area contributed by atoms with E-state index in [9.17, 15) is 4.39 Å². The number of para-hydroxylation sites is 2. The number of anilines is 1. The Labute approximate surface area is 140 Å². The predicted octanol–water partition coefficient (Wildman–Crippen LogP) is 3.32. The Bertz CT molecular complexity index is 873. The van der Waals surface area contributed by atoms with Crippen LogP contribution in [0.5, 0.6) is 0 Å². The van der Waals surface area contributed by atoms with Crippen molar-refractivity contribution >= 4 is 17.0 Å². The highest BCUT2D eigenvalue weighted by Gasteiger charge is 2.35. The van der Waals surface area contributed by atoms with E-state index in [-0.39, 0.29) is 5.41 Å². The second-order valence-corrected chi connectivity index (χ2v) is 7.30. The van der Waals surface area contributed by atoms with Gasteiger partial charge in [0, 0.05) is 18.5 Å². The van der Waals surface area contributed by atoms with E-state index in [1.165, 1.54) is 12.4 Å². The molecule has 0 spiro atoms. The van der Waals surface area contributed by atoms with Crippen molar-refractivity contribution < 1.29 is 4.39 Å². The Balaban J connectivity index is 1.67. The summed E-state index contributed by atoms with van der Waals surface area (Å²) in [4.78, 5) is 15.0. The molecule has 0 unspecified atom stereocenters. The molecule has 0 radical (unpaired) electrons. The van der Waals surface area contributed by atoms with Gasteiger partial charge in [0.15, 0.2) is 5.82 Å². The van der Waals surface area contributed by atoms with Crippen molar-refractivity contribution in [3.05, 3.63) is 48.3 Å². The van der Waals surface area contributed by atoms with Gasteiger partial charge in [0.05, 0.1) is 29.5 Å². The van der Waals surface area contributed by atoms with E-state index in [1.54, 1.807) is 0 Å². The van der Waals surface area contributed by atoms with E-state index in [2.05, 4.69) is 52.3 Å². The van der Waals surface area contributed by atoms with Crippen LogP contribution in [0, 0.1) is 5.82 Å². The molecule has 3 heterocycles. The average molecular weight is 325 g/mol. The van der Waals surface area contributed by atoms with Crippen LogP contribution >= 0.6 is 0 Å². The molecule has 2 aromatic heterocycles. The topological polar surface area (TPSA) is 46.8 Å². The first kappa shape index (κ1) is 15.1. The minimum atomic E-state index is -0.411. The average Bonchev–Trinajstić information content (AvgIpc) is 2.88. The van der Waals surface area contributed by atoms with Crippen LogP contribution in [-0.2, 0) is 5.41 Å². The second kappa shape index (κ2) is 5.26. The molecule has 5 nitrogen and oxygen atoms in total. The van der Waals surface area contributed by atoms with Gasteiger partial charge in [0.2, 0.25) is 5.95 Å². The molecular formula is C18H20FN5. The van der Waals surface area contributed by atoms with Crippen LogP contribution in [0.1, 0.15) is 32.6 Å². The van der Waals surface area contributed by atoms with Crippen LogP contribution < -0.4 is 4.90 Å². The first-order chi connectivity index (χ1) is 11.4. The number of benzene rings is 1. The maximum Gasteiger partial charge on any atom is 0.225 e. The third kappa shape index (κ3) is 2.42. The van der Waals surface area contributed by atoms with Gasteiger partial charge in [-0.05, 0) is 12.1 Å². The number of hydrogen-bond acceptors (Lipinski definition) is 4. The molecule has 1 aliphatic rings. The SMILES string of the molecule is CC(C)(C)c1nc2ccccc2n1C1CN(c2ncc(F)cn2)C1. The van der Waals surface area contributed by atoms with Crippen LogP contribution in [-0.4, -0.2) is 32.6 Å². The van der Waals surface area contributed by atoms with Crippen LogP contribution in [0.25, 0.3) is 11.0 Å². The Hall–Kier alpha value is -2.50. The fourth-order valence-electron chi connectivity index (χ4n) is 3.19. The quantitative estimate of drug-likeness (QED) is 0.725. The third-order valence-corrected chi connectivity index (χ3v) is 4.38. The van der Waals surface area contributed by atoms with Crippen LogP contribution in [0.3, 0.4) is 0 Å². The highest BCUT2D eigenvalue weighted by atomic mass is 19.1. The molecule has 0 amide bonds. The summed E-state index contributed by atoms with van der Waals surface area (Å²) in [5.74, 6) is 1.26. The van der Waals surface area contributed by atoms with Crippen molar-refractivity contribution in [1.82, 2.24) is 19.5 Å². The smallest absolute Gasteiger partial charge is 0.225 e. The predicted molar refractivity (Wildman–Crippen MR) is 91.7 cm³/mol. The largest absolute Gasteiger partial charge is 0.337 e. The zero-order valence-corrected chi connectivity index (χ0v) is 14.1. The van der Waals surface area contributed by atoms with E-state index < -0.39 is 5.82 Å². The normalized spacial score (nSPS) is 15.8. The van der Waals surface area contributed by atoms with E-state index in [1.807, 2.05) is 12.1 Å². The lowest BCUT2D eigenvalue weighted by Crippen LogP contribution is -2.49. The first-order valence-electron chi connectivity index (χ1n) is 8.13. The van der Waals surface area contributed by atoms with Gasteiger partial charge in [-0.3, -0.25) is 0 Å². The Morgan fingerprint density at radius 1 is 1.08 bits per heavy atom. The van der Waals surface area contributed by atoms with Gasteiger partial charge in [-0.25, -0.2) is 19.3 Å². The molecule has 4 rings (SSSR count). The zero-order chi connectivity index (χ0) is 16.9. The molecule has 124 valence electrons. The van der Waals surface area contributed by atoms with Gasteiger partial charge in [-0.2, -0.15) is 0 Å². The summed E-state index contributed by atoms with van der Waals surface area (Å²) in [5.41, 5.74) is 2.15. The lowest BCUT2D eigenvalue weighted by atomic mass is 9.94. The summed E-state index contributed by atoms with van der Waals surface area (Å²) in [6.07, 6.45) is 2.42. The molecule has 0 bridgehead atoms. The van der Waals surface area contributed by atoms with E-state index in [0.717, 1.165) is 29.9 Å². The molecule has 0 N–H and O–H groups in total. The van der Waals surface area contributed by atoms with Gasteiger partial charge in [0.1, 0.15) is 5.82 Å². The Morgan fingerprint density at radius 2 is 1.75 bits per heavy atom. The molecule has 6 heteroatoms. The minimum Gasteiger partial charge on any atom is -0.337 e. The maximum absolute atomic E-state index is 13.0. The number of aromatic nitrogens is 4. The van der Waals surface area contributed by atoms with Crippen LogP contribution in [0.2, 0.25) is 0 Å². The highest BCUT2D eigenvalue weighted by molar-refractivity contribution is 5.76. The fourth-order valence-corrected chi connectivity index (χ4v) is 3.19. The zero-order valence-electron chi connectivity index (χ0n) is 14.1. The number of imidazole rings is 1. The fraction of sp³-hybridized carbons (Fsp3) is 0.389. The lowest BCUT2D eigenvalue weighted by molar-refractivity contribution is 0.369. The van der Waals surface area contributed by atoms with E-state index >= 15 is 0 Å². The minimum absolute atomic E-state index is 0.0359. The van der Waals surface area contributed by atoms with Crippen molar-refractivity contribution in [2.45, 2.75) is 32.2 Å². The first-order valence-corrected chi connectivity index (χ1v) is 8.13. The van der Waals surface area contributed by atoms with Crippen molar-refractivity contribution in [1.29, 1.82) is 0 Å². The summed E-state index contributed by atoms with van der Waals surface area (Å²) in [7, 11) is 0. The van der Waals surface area contributed by atoms with Crippen LogP contribution in [0.15, 0.2) is 36.7 Å². The van der Waals surface area contributed by atoms with Gasteiger partial charge in [-0.15, -0.1) is 0 Å². The molecule has 1 fully saturated rings. The van der Waals surface area contributed by atoms with Crippen molar-refractivity contribution in [3.63, 3.8) is 0 Å². The van der Waals surface area contributed by atoms with Crippen molar-refractivity contribution in [2.75, 3.05) is 18.0 Å². The van der Waals surface area contributed by atoms with E-state index in [4.69, 9.17) is 4.98 Å². The second-order valence-electron chi connectivity index (χ2n) is 7.30. The summed E-state index contributed by atoms with van der Waals surface area (Å²) in [6.45, 7) is 8.16. The van der Waals surface area contributed by atoms with Crippen molar-refractivity contribution in [3.8, 4) is 0 Å². The number of rotatable bonds is 2. The van der Waals surface area contributed by atoms with Gasteiger partial charge < -0.3 is 9.47 Å².